The number of amides is 1. The summed E-state index contributed by atoms with van der Waals surface area (Å²) in [6.07, 6.45) is 0.948. The minimum atomic E-state index is -1.42. The number of aryl methyl sites for hydroxylation is 2. The zero-order valence-corrected chi connectivity index (χ0v) is 13.0. The molecule has 0 fully saturated rings. The molecule has 4 nitrogen and oxygen atoms in total. The number of anilines is 2. The molecule has 22 heavy (non-hydrogen) atoms. The quantitative estimate of drug-likeness (QED) is 0.743. The number of nitrogen functional groups attached to an aromatic ring is 1. The first-order valence-corrected chi connectivity index (χ1v) is 7.32. The number of hydrogen-bond donors (Lipinski definition) is 3. The van der Waals surface area contributed by atoms with E-state index in [1.807, 2.05) is 55.5 Å². The maximum Gasteiger partial charge on any atom is 0.256 e. The monoisotopic (exact) mass is 298 g/mol. The van der Waals surface area contributed by atoms with Crippen LogP contribution in [0.4, 0.5) is 11.4 Å². The van der Waals surface area contributed by atoms with Gasteiger partial charge in [0, 0.05) is 11.4 Å². The highest BCUT2D eigenvalue weighted by Gasteiger charge is 2.29. The fourth-order valence-corrected chi connectivity index (χ4v) is 2.09. The van der Waals surface area contributed by atoms with Crippen molar-refractivity contribution in [2.45, 2.75) is 32.3 Å². The van der Waals surface area contributed by atoms with Crippen molar-refractivity contribution in [2.75, 3.05) is 11.1 Å². The molecule has 0 spiro atoms. The molecule has 2 aromatic rings. The average Bonchev–Trinajstić information content (AvgIpc) is 2.49. The lowest BCUT2D eigenvalue weighted by Crippen LogP contribution is -2.40. The van der Waals surface area contributed by atoms with Crippen molar-refractivity contribution in [3.63, 3.8) is 0 Å². The summed E-state index contributed by atoms with van der Waals surface area (Å²) >= 11 is 0. The Bertz CT molecular complexity index is 631. The number of rotatable bonds is 5. The van der Waals surface area contributed by atoms with Crippen LogP contribution in [0.3, 0.4) is 0 Å². The van der Waals surface area contributed by atoms with E-state index in [0.29, 0.717) is 24.2 Å². The second-order valence-electron chi connectivity index (χ2n) is 5.84. The van der Waals surface area contributed by atoms with Gasteiger partial charge in [0.2, 0.25) is 0 Å². The molecule has 0 heterocycles. The smallest absolute Gasteiger partial charge is 0.256 e. The molecule has 0 aliphatic carbocycles. The van der Waals surface area contributed by atoms with Crippen LogP contribution >= 0.6 is 0 Å². The highest BCUT2D eigenvalue weighted by Crippen LogP contribution is 2.18. The lowest BCUT2D eigenvalue weighted by molar-refractivity contribution is -0.132. The van der Waals surface area contributed by atoms with E-state index < -0.39 is 11.5 Å². The Hall–Kier alpha value is -2.33. The average molecular weight is 298 g/mol. The number of nitrogens with two attached hydrogens (primary N) is 1. The van der Waals surface area contributed by atoms with Crippen molar-refractivity contribution in [3.8, 4) is 0 Å². The van der Waals surface area contributed by atoms with Gasteiger partial charge in [-0.05, 0) is 56.5 Å². The molecule has 0 saturated carbocycles. The van der Waals surface area contributed by atoms with Crippen LogP contribution in [0.1, 0.15) is 24.5 Å². The first kappa shape index (κ1) is 16.0. The minimum Gasteiger partial charge on any atom is -0.399 e. The van der Waals surface area contributed by atoms with Gasteiger partial charge in [0.15, 0.2) is 0 Å². The third-order valence-electron chi connectivity index (χ3n) is 3.68. The minimum absolute atomic E-state index is 0.342. The molecule has 0 radical (unpaired) electrons. The molecule has 4 heteroatoms. The van der Waals surface area contributed by atoms with E-state index >= 15 is 0 Å². The molecule has 0 aliphatic rings. The number of nitrogens with one attached hydrogen (secondary N) is 1. The first-order valence-electron chi connectivity index (χ1n) is 7.32. The Labute approximate surface area is 131 Å². The largest absolute Gasteiger partial charge is 0.399 e. The van der Waals surface area contributed by atoms with Gasteiger partial charge in [-0.15, -0.1) is 0 Å². The Morgan fingerprint density at radius 1 is 1.14 bits per heavy atom. The highest BCUT2D eigenvalue weighted by atomic mass is 16.3. The lowest BCUT2D eigenvalue weighted by Gasteiger charge is -2.22. The van der Waals surface area contributed by atoms with E-state index in [9.17, 15) is 9.90 Å². The van der Waals surface area contributed by atoms with E-state index in [1.54, 1.807) is 0 Å². The lowest BCUT2D eigenvalue weighted by atomic mass is 9.95. The summed E-state index contributed by atoms with van der Waals surface area (Å²) < 4.78 is 0. The Morgan fingerprint density at radius 2 is 1.73 bits per heavy atom. The molecule has 2 rings (SSSR count). The van der Waals surface area contributed by atoms with E-state index in [1.165, 1.54) is 6.92 Å². The summed E-state index contributed by atoms with van der Waals surface area (Å²) in [5.41, 5.74) is 7.76. The zero-order valence-electron chi connectivity index (χ0n) is 13.0. The third-order valence-corrected chi connectivity index (χ3v) is 3.68. The number of carbonyl (C=O) groups is 1. The predicted octanol–water partition coefficient (Wildman–Crippen LogP) is 2.90. The van der Waals surface area contributed by atoms with Gasteiger partial charge in [0.05, 0.1) is 0 Å². The normalized spacial score (nSPS) is 13.4. The summed E-state index contributed by atoms with van der Waals surface area (Å²) in [7, 11) is 0. The van der Waals surface area contributed by atoms with Crippen molar-refractivity contribution in [1.29, 1.82) is 0 Å². The van der Waals surface area contributed by atoms with Gasteiger partial charge in [0.1, 0.15) is 5.60 Å². The third kappa shape index (κ3) is 4.33. The molecule has 0 unspecified atom stereocenters. The van der Waals surface area contributed by atoms with Crippen LogP contribution in [0.5, 0.6) is 0 Å². The second-order valence-corrected chi connectivity index (χ2v) is 5.84. The van der Waals surface area contributed by atoms with E-state index in [4.69, 9.17) is 5.73 Å². The van der Waals surface area contributed by atoms with Gasteiger partial charge in [-0.2, -0.15) is 0 Å². The molecule has 0 bridgehead atoms. The second kappa shape index (κ2) is 6.62. The molecule has 0 saturated heterocycles. The molecule has 4 N–H and O–H groups in total. The molecule has 116 valence electrons. The van der Waals surface area contributed by atoms with Gasteiger partial charge in [-0.25, -0.2) is 0 Å². The van der Waals surface area contributed by atoms with E-state index in [2.05, 4.69) is 5.32 Å². The summed E-state index contributed by atoms with van der Waals surface area (Å²) in [6, 6.07) is 14.9. The van der Waals surface area contributed by atoms with Crippen LogP contribution in [0.15, 0.2) is 48.5 Å². The highest BCUT2D eigenvalue weighted by molar-refractivity contribution is 5.96. The van der Waals surface area contributed by atoms with Crippen LogP contribution < -0.4 is 11.1 Å². The maximum absolute atomic E-state index is 12.2. The Kier molecular flexibility index (Phi) is 4.83. The molecular formula is C18H22N2O2. The van der Waals surface area contributed by atoms with Gasteiger partial charge in [0.25, 0.3) is 5.91 Å². The van der Waals surface area contributed by atoms with Crippen LogP contribution in [-0.4, -0.2) is 16.6 Å². The van der Waals surface area contributed by atoms with Crippen LogP contribution in [0, 0.1) is 6.92 Å². The Balaban J connectivity index is 1.95. The Morgan fingerprint density at radius 3 is 2.32 bits per heavy atom. The van der Waals surface area contributed by atoms with Gasteiger partial charge < -0.3 is 16.2 Å². The van der Waals surface area contributed by atoms with Gasteiger partial charge in [-0.3, -0.25) is 4.79 Å². The zero-order chi connectivity index (χ0) is 16.2. The fraction of sp³-hybridized carbons (Fsp3) is 0.278. The molecule has 0 aromatic heterocycles. The first-order chi connectivity index (χ1) is 10.4. The topological polar surface area (TPSA) is 75.3 Å². The summed E-state index contributed by atoms with van der Waals surface area (Å²) in [4.78, 5) is 12.2. The number of aliphatic hydroxyl groups is 1. The van der Waals surface area contributed by atoms with Crippen LogP contribution in [0.2, 0.25) is 0 Å². The van der Waals surface area contributed by atoms with Crippen molar-refractivity contribution >= 4 is 17.3 Å². The summed E-state index contributed by atoms with van der Waals surface area (Å²) in [5, 5.41) is 13.1. The molecule has 0 aliphatic heterocycles. The van der Waals surface area contributed by atoms with Gasteiger partial charge in [-0.1, -0.05) is 29.8 Å². The molecule has 1 amide bonds. The van der Waals surface area contributed by atoms with Gasteiger partial charge >= 0.3 is 0 Å². The number of hydrogen-bond acceptors (Lipinski definition) is 3. The van der Waals surface area contributed by atoms with Crippen molar-refractivity contribution < 1.29 is 9.90 Å². The standard InChI is InChI=1S/C18H22N2O2/c1-13-3-9-16(10-4-13)20-17(21)18(2,22)12-11-14-5-7-15(19)8-6-14/h3-10,22H,11-12,19H2,1-2H3,(H,20,21)/t18-/m0/s1. The van der Waals surface area contributed by atoms with Crippen molar-refractivity contribution in [3.05, 3.63) is 59.7 Å². The fourth-order valence-electron chi connectivity index (χ4n) is 2.09. The van der Waals surface area contributed by atoms with Crippen molar-refractivity contribution in [2.24, 2.45) is 0 Å². The van der Waals surface area contributed by atoms with Crippen molar-refractivity contribution in [1.82, 2.24) is 0 Å². The SMILES string of the molecule is Cc1ccc(NC(=O)[C@@](C)(O)CCc2ccc(N)cc2)cc1. The predicted molar refractivity (Wildman–Crippen MR) is 89.6 cm³/mol. The van der Waals surface area contributed by atoms with E-state index in [-0.39, 0.29) is 0 Å². The molecule has 2 aromatic carbocycles. The summed E-state index contributed by atoms with van der Waals surface area (Å²) in [5.74, 6) is -0.396. The molecule has 1 atom stereocenters. The summed E-state index contributed by atoms with van der Waals surface area (Å²) in [6.45, 7) is 3.52. The maximum atomic E-state index is 12.2. The molecular weight excluding hydrogens is 276 g/mol. The van der Waals surface area contributed by atoms with Crippen LogP contribution in [-0.2, 0) is 11.2 Å². The number of benzene rings is 2. The van der Waals surface area contributed by atoms with Crippen LogP contribution in [0.25, 0.3) is 0 Å². The number of carbonyl (C=O) groups excluding carboxylic acids is 1. The van der Waals surface area contributed by atoms with E-state index in [0.717, 1.165) is 11.1 Å².